The average molecular weight is 257 g/mol. The highest BCUT2D eigenvalue weighted by atomic mass is 35.5. The summed E-state index contributed by atoms with van der Waals surface area (Å²) in [5, 5.41) is 0.828. The fraction of sp³-hybridized carbons (Fsp3) is 0.294. The van der Waals surface area contributed by atoms with Crippen LogP contribution in [0.3, 0.4) is 0 Å². The Kier molecular flexibility index (Phi) is 2.71. The van der Waals surface area contributed by atoms with E-state index >= 15 is 0 Å². The molecule has 0 heterocycles. The number of hydrogen-bond donors (Lipinski definition) is 0. The van der Waals surface area contributed by atoms with Gasteiger partial charge in [0.05, 0.1) is 0 Å². The molecule has 1 aliphatic carbocycles. The molecular weight excluding hydrogens is 240 g/mol. The van der Waals surface area contributed by atoms with Gasteiger partial charge in [0.15, 0.2) is 0 Å². The maximum Gasteiger partial charge on any atom is 0.0408 e. The van der Waals surface area contributed by atoms with Crippen LogP contribution in [0.4, 0.5) is 0 Å². The Morgan fingerprint density at radius 3 is 2.61 bits per heavy atom. The van der Waals surface area contributed by atoms with Crippen LogP contribution >= 0.6 is 11.6 Å². The van der Waals surface area contributed by atoms with Crippen molar-refractivity contribution in [2.24, 2.45) is 0 Å². The van der Waals surface area contributed by atoms with E-state index in [-0.39, 0.29) is 5.41 Å². The van der Waals surface area contributed by atoms with Crippen molar-refractivity contribution in [2.45, 2.75) is 31.6 Å². The van der Waals surface area contributed by atoms with Crippen LogP contribution in [0, 0.1) is 0 Å². The van der Waals surface area contributed by atoms with Gasteiger partial charge < -0.3 is 0 Å². The average Bonchev–Trinajstić information content (AvgIpc) is 2.63. The SMILES string of the molecule is CC1(C)CC(c2cccc(Cl)c2)c2ccccc21. The van der Waals surface area contributed by atoms with Crippen LogP contribution in [-0.4, -0.2) is 0 Å². The third-order valence-corrected chi connectivity index (χ3v) is 4.27. The van der Waals surface area contributed by atoms with Gasteiger partial charge in [-0.2, -0.15) is 0 Å². The van der Waals surface area contributed by atoms with Gasteiger partial charge in [-0.3, -0.25) is 0 Å². The third-order valence-electron chi connectivity index (χ3n) is 4.03. The molecule has 1 heteroatoms. The highest BCUT2D eigenvalue weighted by Crippen LogP contribution is 2.48. The number of hydrogen-bond acceptors (Lipinski definition) is 0. The summed E-state index contributed by atoms with van der Waals surface area (Å²) in [4.78, 5) is 0. The Hall–Kier alpha value is -1.27. The summed E-state index contributed by atoms with van der Waals surface area (Å²) < 4.78 is 0. The van der Waals surface area contributed by atoms with E-state index in [0.29, 0.717) is 5.92 Å². The van der Waals surface area contributed by atoms with Crippen molar-refractivity contribution in [3.63, 3.8) is 0 Å². The molecule has 0 radical (unpaired) electrons. The van der Waals surface area contributed by atoms with Gasteiger partial charge in [0.25, 0.3) is 0 Å². The summed E-state index contributed by atoms with van der Waals surface area (Å²) >= 11 is 6.12. The Bertz CT molecular complexity index is 584. The van der Waals surface area contributed by atoms with E-state index in [1.54, 1.807) is 0 Å². The molecule has 0 saturated heterocycles. The summed E-state index contributed by atoms with van der Waals surface area (Å²) in [7, 11) is 0. The van der Waals surface area contributed by atoms with Crippen molar-refractivity contribution in [1.82, 2.24) is 0 Å². The maximum atomic E-state index is 6.12. The van der Waals surface area contributed by atoms with Crippen LogP contribution in [0.15, 0.2) is 48.5 Å². The zero-order chi connectivity index (χ0) is 12.8. The van der Waals surface area contributed by atoms with E-state index < -0.39 is 0 Å². The predicted octanol–water partition coefficient (Wildman–Crippen LogP) is 5.15. The molecule has 1 unspecified atom stereocenters. The molecule has 0 nitrogen and oxygen atoms in total. The quantitative estimate of drug-likeness (QED) is 0.662. The van der Waals surface area contributed by atoms with E-state index in [4.69, 9.17) is 11.6 Å². The molecule has 1 atom stereocenters. The van der Waals surface area contributed by atoms with Crippen molar-refractivity contribution in [2.75, 3.05) is 0 Å². The summed E-state index contributed by atoms with van der Waals surface area (Å²) in [5.74, 6) is 0.481. The second-order valence-electron chi connectivity index (χ2n) is 5.78. The molecule has 3 rings (SSSR count). The topological polar surface area (TPSA) is 0 Å². The first kappa shape index (κ1) is 11.8. The van der Waals surface area contributed by atoms with Gasteiger partial charge in [-0.25, -0.2) is 0 Å². The van der Waals surface area contributed by atoms with E-state index in [0.717, 1.165) is 11.4 Å². The summed E-state index contributed by atoms with van der Waals surface area (Å²) in [6.07, 6.45) is 1.16. The highest BCUT2D eigenvalue weighted by molar-refractivity contribution is 6.30. The van der Waals surface area contributed by atoms with Crippen LogP contribution in [0.1, 0.15) is 42.9 Å². The molecular formula is C17H17Cl. The molecule has 0 aromatic heterocycles. The lowest BCUT2D eigenvalue weighted by Gasteiger charge is -2.19. The standard InChI is InChI=1S/C17H17Cl/c1-17(2)11-15(12-6-5-7-13(18)10-12)14-8-3-4-9-16(14)17/h3-10,15H,11H2,1-2H3. The molecule has 2 aromatic carbocycles. The minimum atomic E-state index is 0.254. The fourth-order valence-electron chi connectivity index (χ4n) is 3.17. The summed E-state index contributed by atoms with van der Waals surface area (Å²) in [5.41, 5.74) is 4.53. The highest BCUT2D eigenvalue weighted by Gasteiger charge is 2.36. The molecule has 0 saturated carbocycles. The van der Waals surface area contributed by atoms with Gasteiger partial charge in [0.1, 0.15) is 0 Å². The van der Waals surface area contributed by atoms with Gasteiger partial charge in [0.2, 0.25) is 0 Å². The zero-order valence-corrected chi connectivity index (χ0v) is 11.5. The maximum absolute atomic E-state index is 6.12. The monoisotopic (exact) mass is 256 g/mol. The largest absolute Gasteiger partial charge is 0.0843 e. The van der Waals surface area contributed by atoms with Crippen LogP contribution in [-0.2, 0) is 5.41 Å². The Morgan fingerprint density at radius 2 is 1.83 bits per heavy atom. The Balaban J connectivity index is 2.11. The van der Waals surface area contributed by atoms with Gasteiger partial charge in [-0.05, 0) is 40.7 Å². The van der Waals surface area contributed by atoms with E-state index in [1.807, 2.05) is 12.1 Å². The molecule has 0 amide bonds. The second kappa shape index (κ2) is 4.13. The normalized spacial score (nSPS) is 20.7. The second-order valence-corrected chi connectivity index (χ2v) is 6.22. The lowest BCUT2D eigenvalue weighted by Crippen LogP contribution is -2.12. The number of benzene rings is 2. The minimum Gasteiger partial charge on any atom is -0.0843 e. The van der Waals surface area contributed by atoms with Crippen molar-refractivity contribution >= 4 is 11.6 Å². The van der Waals surface area contributed by atoms with E-state index in [1.165, 1.54) is 16.7 Å². The molecule has 0 fully saturated rings. The fourth-order valence-corrected chi connectivity index (χ4v) is 3.37. The number of rotatable bonds is 1. The van der Waals surface area contributed by atoms with Crippen LogP contribution < -0.4 is 0 Å². The van der Waals surface area contributed by atoms with E-state index in [2.05, 4.69) is 50.2 Å². The van der Waals surface area contributed by atoms with Gasteiger partial charge in [-0.1, -0.05) is 61.8 Å². The van der Waals surface area contributed by atoms with Crippen LogP contribution in [0.2, 0.25) is 5.02 Å². The Labute approximate surface area is 114 Å². The lowest BCUT2D eigenvalue weighted by molar-refractivity contribution is 0.499. The molecule has 0 bridgehead atoms. The number of halogens is 1. The molecule has 2 aromatic rings. The Morgan fingerprint density at radius 1 is 1.06 bits per heavy atom. The molecule has 0 N–H and O–H groups in total. The zero-order valence-electron chi connectivity index (χ0n) is 10.8. The van der Waals surface area contributed by atoms with Gasteiger partial charge in [0, 0.05) is 10.9 Å². The number of fused-ring (bicyclic) bond motifs is 1. The molecule has 18 heavy (non-hydrogen) atoms. The lowest BCUT2D eigenvalue weighted by atomic mass is 9.85. The molecule has 0 aliphatic heterocycles. The smallest absolute Gasteiger partial charge is 0.0408 e. The van der Waals surface area contributed by atoms with E-state index in [9.17, 15) is 0 Å². The first-order valence-electron chi connectivity index (χ1n) is 6.43. The first-order chi connectivity index (χ1) is 8.58. The molecule has 0 spiro atoms. The van der Waals surface area contributed by atoms with Gasteiger partial charge >= 0.3 is 0 Å². The minimum absolute atomic E-state index is 0.254. The first-order valence-corrected chi connectivity index (χ1v) is 6.80. The van der Waals surface area contributed by atoms with Crippen molar-refractivity contribution in [3.05, 3.63) is 70.2 Å². The van der Waals surface area contributed by atoms with Gasteiger partial charge in [-0.15, -0.1) is 0 Å². The van der Waals surface area contributed by atoms with Crippen molar-refractivity contribution in [3.8, 4) is 0 Å². The van der Waals surface area contributed by atoms with Crippen molar-refractivity contribution < 1.29 is 0 Å². The van der Waals surface area contributed by atoms with Crippen LogP contribution in [0.5, 0.6) is 0 Å². The van der Waals surface area contributed by atoms with Crippen molar-refractivity contribution in [1.29, 1.82) is 0 Å². The summed E-state index contributed by atoms with van der Waals surface area (Å²) in [6, 6.07) is 17.1. The predicted molar refractivity (Wildman–Crippen MR) is 77.4 cm³/mol. The van der Waals surface area contributed by atoms with Crippen LogP contribution in [0.25, 0.3) is 0 Å². The summed E-state index contributed by atoms with van der Waals surface area (Å²) in [6.45, 7) is 4.66. The third kappa shape index (κ3) is 1.85. The molecule has 92 valence electrons. The molecule has 1 aliphatic rings.